The van der Waals surface area contributed by atoms with Crippen LogP contribution in [-0.2, 0) is 11.2 Å². The van der Waals surface area contributed by atoms with Gasteiger partial charge in [-0.2, -0.15) is 0 Å². The molecule has 2 amide bonds. The van der Waals surface area contributed by atoms with Crippen molar-refractivity contribution < 1.29 is 23.9 Å². The lowest BCUT2D eigenvalue weighted by Gasteiger charge is -2.35. The molecule has 0 radical (unpaired) electrons. The van der Waals surface area contributed by atoms with Crippen LogP contribution in [-0.4, -0.2) is 58.9 Å². The Morgan fingerprint density at radius 2 is 1.50 bits per heavy atom. The zero-order chi connectivity index (χ0) is 20.1. The lowest BCUT2D eigenvalue weighted by atomic mass is 10.0. The molecule has 28 heavy (non-hydrogen) atoms. The molecule has 6 nitrogen and oxygen atoms in total. The Morgan fingerprint density at radius 1 is 0.893 bits per heavy atom. The molecule has 1 fully saturated rings. The van der Waals surface area contributed by atoms with E-state index in [0.29, 0.717) is 43.7 Å². The van der Waals surface area contributed by atoms with E-state index in [1.807, 2.05) is 0 Å². The predicted octanol–water partition coefficient (Wildman–Crippen LogP) is 2.44. The van der Waals surface area contributed by atoms with Gasteiger partial charge in [0.15, 0.2) is 0 Å². The number of aromatic carboxylic acids is 1. The number of carbonyl (C=O) groups is 3. The molecular weight excluding hydrogens is 363 g/mol. The quantitative estimate of drug-likeness (QED) is 0.859. The Kier molecular flexibility index (Phi) is 6.03. The summed E-state index contributed by atoms with van der Waals surface area (Å²) in [5, 5.41) is 9.22. The molecule has 146 valence electrons. The van der Waals surface area contributed by atoms with E-state index in [0.717, 1.165) is 0 Å². The maximum atomic E-state index is 13.0. The van der Waals surface area contributed by atoms with E-state index in [9.17, 15) is 23.9 Å². The van der Waals surface area contributed by atoms with Crippen molar-refractivity contribution in [2.24, 2.45) is 0 Å². The average Bonchev–Trinajstić information content (AvgIpc) is 2.72. The van der Waals surface area contributed by atoms with E-state index in [2.05, 4.69) is 0 Å². The summed E-state index contributed by atoms with van der Waals surface area (Å²) in [6, 6.07) is 12.1. The van der Waals surface area contributed by atoms with Crippen molar-refractivity contribution in [1.82, 2.24) is 9.80 Å². The summed E-state index contributed by atoms with van der Waals surface area (Å²) in [4.78, 5) is 39.5. The van der Waals surface area contributed by atoms with Crippen LogP contribution in [0.5, 0.6) is 0 Å². The van der Waals surface area contributed by atoms with Crippen molar-refractivity contribution in [1.29, 1.82) is 0 Å². The van der Waals surface area contributed by atoms with Crippen molar-refractivity contribution in [2.45, 2.75) is 12.8 Å². The molecule has 7 heteroatoms. The summed E-state index contributed by atoms with van der Waals surface area (Å²) in [7, 11) is 0. The number of hydrogen-bond donors (Lipinski definition) is 1. The highest BCUT2D eigenvalue weighted by atomic mass is 19.1. The van der Waals surface area contributed by atoms with Crippen LogP contribution >= 0.6 is 0 Å². The number of carboxylic acids is 1. The first-order valence-electron chi connectivity index (χ1n) is 9.09. The highest BCUT2D eigenvalue weighted by Gasteiger charge is 2.25. The number of amides is 2. The van der Waals surface area contributed by atoms with Crippen molar-refractivity contribution >= 4 is 17.8 Å². The largest absolute Gasteiger partial charge is 0.478 e. The summed E-state index contributed by atoms with van der Waals surface area (Å²) in [6.07, 6.45) is 0.576. The number of hydrogen-bond acceptors (Lipinski definition) is 3. The minimum Gasteiger partial charge on any atom is -0.478 e. The smallest absolute Gasteiger partial charge is 0.335 e. The van der Waals surface area contributed by atoms with E-state index in [1.165, 1.54) is 30.3 Å². The summed E-state index contributed by atoms with van der Waals surface area (Å²) in [5.41, 5.74) is 1.27. The second kappa shape index (κ2) is 8.65. The van der Waals surface area contributed by atoms with E-state index >= 15 is 0 Å². The standard InChI is InChI=1S/C21H21FN2O4/c22-17-8-5-16(6-9-17)20(26)24-13-11-23(12-14-24)19(25)10-7-15-3-1-2-4-18(15)21(27)28/h1-6,8-9H,7,10-14H2,(H,27,28). The Bertz CT molecular complexity index is 874. The number of carboxylic acid groups (broad SMARTS) is 1. The van der Waals surface area contributed by atoms with Gasteiger partial charge in [-0.05, 0) is 42.3 Å². The van der Waals surface area contributed by atoms with Crippen LogP contribution in [0.2, 0.25) is 0 Å². The van der Waals surface area contributed by atoms with Gasteiger partial charge in [0.25, 0.3) is 5.91 Å². The zero-order valence-corrected chi connectivity index (χ0v) is 15.3. The second-order valence-corrected chi connectivity index (χ2v) is 6.64. The molecule has 2 aromatic rings. The minimum atomic E-state index is -1.00. The molecule has 1 N–H and O–H groups in total. The van der Waals surface area contributed by atoms with E-state index < -0.39 is 11.8 Å². The number of halogens is 1. The predicted molar refractivity (Wildman–Crippen MR) is 101 cm³/mol. The normalized spacial score (nSPS) is 14.0. The highest BCUT2D eigenvalue weighted by Crippen LogP contribution is 2.14. The van der Waals surface area contributed by atoms with Crippen LogP contribution < -0.4 is 0 Å². The van der Waals surface area contributed by atoms with Gasteiger partial charge in [0, 0.05) is 38.2 Å². The molecule has 1 saturated heterocycles. The van der Waals surface area contributed by atoms with E-state index in [1.54, 1.807) is 28.0 Å². The molecule has 0 atom stereocenters. The third-order valence-corrected chi connectivity index (χ3v) is 4.87. The Labute approximate surface area is 162 Å². The lowest BCUT2D eigenvalue weighted by molar-refractivity contribution is -0.132. The maximum Gasteiger partial charge on any atom is 0.335 e. The topological polar surface area (TPSA) is 77.9 Å². The van der Waals surface area contributed by atoms with Crippen LogP contribution in [0.1, 0.15) is 32.7 Å². The third kappa shape index (κ3) is 4.54. The van der Waals surface area contributed by atoms with Gasteiger partial charge in [-0.15, -0.1) is 0 Å². The first-order valence-corrected chi connectivity index (χ1v) is 9.09. The van der Waals surface area contributed by atoms with Crippen molar-refractivity contribution in [3.63, 3.8) is 0 Å². The first-order chi connectivity index (χ1) is 13.5. The second-order valence-electron chi connectivity index (χ2n) is 6.64. The fourth-order valence-corrected chi connectivity index (χ4v) is 3.28. The van der Waals surface area contributed by atoms with Crippen LogP contribution in [0.15, 0.2) is 48.5 Å². The monoisotopic (exact) mass is 384 g/mol. The molecule has 0 aliphatic carbocycles. The fourth-order valence-electron chi connectivity index (χ4n) is 3.28. The number of nitrogens with zero attached hydrogens (tertiary/aromatic N) is 2. The lowest BCUT2D eigenvalue weighted by Crippen LogP contribution is -2.50. The summed E-state index contributed by atoms with van der Waals surface area (Å²) in [5.74, 6) is -1.64. The van der Waals surface area contributed by atoms with Crippen LogP contribution in [0.4, 0.5) is 4.39 Å². The SMILES string of the molecule is O=C(O)c1ccccc1CCC(=O)N1CCN(C(=O)c2ccc(F)cc2)CC1. The summed E-state index contributed by atoms with van der Waals surface area (Å²) < 4.78 is 13.0. The number of carbonyl (C=O) groups excluding carboxylic acids is 2. The summed E-state index contributed by atoms with van der Waals surface area (Å²) in [6.45, 7) is 1.67. The molecule has 0 unspecified atom stereocenters. The molecule has 1 heterocycles. The van der Waals surface area contributed by atoms with Gasteiger partial charge in [0.2, 0.25) is 5.91 Å². The average molecular weight is 384 g/mol. The molecular formula is C21H21FN2O4. The minimum absolute atomic E-state index is 0.0610. The molecule has 0 spiro atoms. The van der Waals surface area contributed by atoms with Gasteiger partial charge in [0.05, 0.1) is 5.56 Å². The Balaban J connectivity index is 1.52. The number of aryl methyl sites for hydroxylation is 1. The molecule has 1 aliphatic rings. The molecule has 1 aliphatic heterocycles. The van der Waals surface area contributed by atoms with Gasteiger partial charge < -0.3 is 14.9 Å². The van der Waals surface area contributed by atoms with Gasteiger partial charge in [0.1, 0.15) is 5.82 Å². The van der Waals surface area contributed by atoms with Crippen molar-refractivity contribution in [3.8, 4) is 0 Å². The van der Waals surface area contributed by atoms with Crippen molar-refractivity contribution in [3.05, 3.63) is 71.0 Å². The number of piperazine rings is 1. The Morgan fingerprint density at radius 3 is 2.14 bits per heavy atom. The third-order valence-electron chi connectivity index (χ3n) is 4.87. The summed E-state index contributed by atoms with van der Waals surface area (Å²) >= 11 is 0. The molecule has 0 bridgehead atoms. The first kappa shape index (κ1) is 19.5. The number of rotatable bonds is 5. The van der Waals surface area contributed by atoms with Gasteiger partial charge >= 0.3 is 5.97 Å². The number of benzene rings is 2. The van der Waals surface area contributed by atoms with Crippen LogP contribution in [0.3, 0.4) is 0 Å². The molecule has 2 aromatic carbocycles. The maximum absolute atomic E-state index is 13.0. The molecule has 0 saturated carbocycles. The van der Waals surface area contributed by atoms with Gasteiger partial charge in [-0.3, -0.25) is 9.59 Å². The van der Waals surface area contributed by atoms with Crippen molar-refractivity contribution in [2.75, 3.05) is 26.2 Å². The Hall–Kier alpha value is -3.22. The van der Waals surface area contributed by atoms with E-state index in [-0.39, 0.29) is 23.8 Å². The molecule has 0 aromatic heterocycles. The van der Waals surface area contributed by atoms with Gasteiger partial charge in [-0.25, -0.2) is 9.18 Å². The van der Waals surface area contributed by atoms with Crippen LogP contribution in [0.25, 0.3) is 0 Å². The van der Waals surface area contributed by atoms with Gasteiger partial charge in [-0.1, -0.05) is 18.2 Å². The van der Waals surface area contributed by atoms with Crippen LogP contribution in [0, 0.1) is 5.82 Å². The zero-order valence-electron chi connectivity index (χ0n) is 15.3. The highest BCUT2D eigenvalue weighted by molar-refractivity contribution is 5.94. The van der Waals surface area contributed by atoms with E-state index in [4.69, 9.17) is 0 Å². The fraction of sp³-hybridized carbons (Fsp3) is 0.286. The molecule has 3 rings (SSSR count).